The van der Waals surface area contributed by atoms with Gasteiger partial charge in [0.15, 0.2) is 4.60 Å². The molecule has 96 valence electrons. The monoisotopic (exact) mass is 341 g/mol. The fraction of sp³-hybridized carbons (Fsp3) is 0.571. The second kappa shape index (κ2) is 5.38. The molecule has 17 heavy (non-hydrogen) atoms. The first-order valence-electron chi connectivity index (χ1n) is 4.66. The van der Waals surface area contributed by atoms with Gasteiger partial charge < -0.3 is 5.73 Å². The van der Waals surface area contributed by atoms with Gasteiger partial charge in [-0.25, -0.2) is 13.1 Å². The summed E-state index contributed by atoms with van der Waals surface area (Å²) in [6, 6.07) is -0.586. The number of halogens is 1. The number of hydrogen-bond donors (Lipinski definition) is 2. The fourth-order valence-corrected chi connectivity index (χ4v) is 3.89. The first kappa shape index (κ1) is 14.5. The quantitative estimate of drug-likeness (QED) is 0.726. The van der Waals surface area contributed by atoms with E-state index in [1.54, 1.807) is 6.92 Å². The van der Waals surface area contributed by atoms with Crippen LogP contribution in [0.4, 0.5) is 0 Å². The van der Waals surface area contributed by atoms with E-state index in [2.05, 4.69) is 31.0 Å². The first-order valence-corrected chi connectivity index (χ1v) is 7.34. The van der Waals surface area contributed by atoms with Crippen LogP contribution in [0.25, 0.3) is 0 Å². The summed E-state index contributed by atoms with van der Waals surface area (Å²) >= 11 is 7.80. The Morgan fingerprint density at radius 1 is 1.71 bits per heavy atom. The van der Waals surface area contributed by atoms with Crippen LogP contribution in [-0.4, -0.2) is 34.4 Å². The molecule has 1 heterocycles. The number of aryl methyl sites for hydroxylation is 1. The number of nitrogens with zero attached hydrogens (tertiary/aromatic N) is 3. The third-order valence-electron chi connectivity index (χ3n) is 2.04. The second-order valence-electron chi connectivity index (χ2n) is 3.29. The Morgan fingerprint density at radius 3 is 2.65 bits per heavy atom. The van der Waals surface area contributed by atoms with Crippen molar-refractivity contribution >= 4 is 43.2 Å². The minimum absolute atomic E-state index is 0.0628. The minimum atomic E-state index is -3.76. The van der Waals surface area contributed by atoms with Crippen LogP contribution in [0.5, 0.6) is 0 Å². The van der Waals surface area contributed by atoms with Gasteiger partial charge in [0.25, 0.3) is 10.0 Å². The fourth-order valence-electron chi connectivity index (χ4n) is 1.19. The van der Waals surface area contributed by atoms with Crippen LogP contribution in [0.15, 0.2) is 9.63 Å². The van der Waals surface area contributed by atoms with E-state index >= 15 is 0 Å². The molecule has 0 saturated heterocycles. The Kier molecular flexibility index (Phi) is 4.58. The van der Waals surface area contributed by atoms with Crippen LogP contribution in [0.2, 0.25) is 0 Å². The van der Waals surface area contributed by atoms with Gasteiger partial charge in [-0.15, -0.1) is 5.10 Å². The molecular weight excluding hydrogens is 330 g/mol. The summed E-state index contributed by atoms with van der Waals surface area (Å²) in [5.41, 5.74) is 5.44. The Hall–Kier alpha value is -0.580. The van der Waals surface area contributed by atoms with Crippen molar-refractivity contribution in [2.24, 2.45) is 12.8 Å². The molecule has 0 amide bonds. The smallest absolute Gasteiger partial charge is 0.261 e. The maximum atomic E-state index is 12.1. The van der Waals surface area contributed by atoms with E-state index in [0.717, 1.165) is 4.68 Å². The molecule has 1 aromatic rings. The average Bonchev–Trinajstić information content (AvgIpc) is 2.55. The van der Waals surface area contributed by atoms with Gasteiger partial charge in [0, 0.05) is 7.05 Å². The van der Waals surface area contributed by atoms with Crippen molar-refractivity contribution in [2.45, 2.75) is 24.4 Å². The number of thiocarbonyl (C=S) groups is 1. The van der Waals surface area contributed by atoms with E-state index in [4.69, 9.17) is 18.0 Å². The Morgan fingerprint density at radius 2 is 2.29 bits per heavy atom. The van der Waals surface area contributed by atoms with E-state index in [1.807, 2.05) is 0 Å². The van der Waals surface area contributed by atoms with E-state index in [-0.39, 0.29) is 14.6 Å². The molecule has 10 heteroatoms. The molecule has 7 nitrogen and oxygen atoms in total. The van der Waals surface area contributed by atoms with Crippen LogP contribution in [0.1, 0.15) is 13.3 Å². The highest BCUT2D eigenvalue weighted by Crippen LogP contribution is 2.18. The molecule has 3 N–H and O–H groups in total. The largest absolute Gasteiger partial charge is 0.392 e. The lowest BCUT2D eigenvalue weighted by Gasteiger charge is -2.15. The van der Waals surface area contributed by atoms with Gasteiger partial charge in [-0.3, -0.25) is 0 Å². The summed E-state index contributed by atoms with van der Waals surface area (Å²) in [7, 11) is -2.28. The number of nitrogens with two attached hydrogens (primary N) is 1. The zero-order chi connectivity index (χ0) is 13.2. The van der Waals surface area contributed by atoms with Crippen LogP contribution in [-0.2, 0) is 17.1 Å². The van der Waals surface area contributed by atoms with Crippen molar-refractivity contribution in [3.05, 3.63) is 4.60 Å². The highest BCUT2D eigenvalue weighted by atomic mass is 79.9. The first-order chi connectivity index (χ1) is 7.79. The molecule has 1 aromatic heterocycles. The molecule has 0 spiro atoms. The maximum Gasteiger partial charge on any atom is 0.261 e. The van der Waals surface area contributed by atoms with Crippen LogP contribution < -0.4 is 10.5 Å². The number of hydrogen-bond acceptors (Lipinski definition) is 5. The van der Waals surface area contributed by atoms with E-state index < -0.39 is 16.1 Å². The van der Waals surface area contributed by atoms with Gasteiger partial charge in [0.05, 0.1) is 11.0 Å². The lowest BCUT2D eigenvalue weighted by molar-refractivity contribution is 0.553. The topological polar surface area (TPSA) is 103 Å². The van der Waals surface area contributed by atoms with Crippen LogP contribution in [0.3, 0.4) is 0 Å². The molecule has 1 rings (SSSR count). The molecular formula is C7H12BrN5O2S2. The van der Waals surface area contributed by atoms with Gasteiger partial charge in [-0.2, -0.15) is 4.72 Å². The SMILES string of the molecule is CCC(NS(=O)(=O)c1c(Br)nnn1C)C(N)=S. The molecule has 0 aliphatic rings. The number of nitrogens with one attached hydrogen (secondary N) is 1. The van der Waals surface area contributed by atoms with Crippen LogP contribution >= 0.6 is 28.1 Å². The van der Waals surface area contributed by atoms with Crippen molar-refractivity contribution in [1.82, 2.24) is 19.7 Å². The van der Waals surface area contributed by atoms with E-state index in [9.17, 15) is 8.42 Å². The summed E-state index contributed by atoms with van der Waals surface area (Å²) in [5.74, 6) is 0. The van der Waals surface area contributed by atoms with Gasteiger partial charge in [-0.1, -0.05) is 24.4 Å². The normalized spacial score (nSPS) is 13.6. The molecule has 0 aromatic carbocycles. The predicted octanol–water partition coefficient (Wildman–Crippen LogP) is -0.0794. The molecule has 0 radical (unpaired) electrons. The number of sulfonamides is 1. The predicted molar refractivity (Wildman–Crippen MR) is 69.9 cm³/mol. The molecule has 0 aliphatic carbocycles. The number of rotatable bonds is 5. The zero-order valence-corrected chi connectivity index (χ0v) is 12.4. The van der Waals surface area contributed by atoms with Crippen molar-refractivity contribution in [1.29, 1.82) is 0 Å². The third kappa shape index (κ3) is 3.21. The minimum Gasteiger partial charge on any atom is -0.392 e. The maximum absolute atomic E-state index is 12.1. The van der Waals surface area contributed by atoms with Crippen molar-refractivity contribution in [3.8, 4) is 0 Å². The van der Waals surface area contributed by atoms with Crippen LogP contribution in [0, 0.1) is 0 Å². The number of aromatic nitrogens is 3. The highest BCUT2D eigenvalue weighted by Gasteiger charge is 2.27. The van der Waals surface area contributed by atoms with E-state index in [0.29, 0.717) is 6.42 Å². The second-order valence-corrected chi connectivity index (χ2v) is 6.15. The van der Waals surface area contributed by atoms with E-state index in [1.165, 1.54) is 7.05 Å². The van der Waals surface area contributed by atoms with Crippen molar-refractivity contribution in [2.75, 3.05) is 0 Å². The summed E-state index contributed by atoms with van der Waals surface area (Å²) in [4.78, 5) is 0.0994. The molecule has 0 saturated carbocycles. The molecule has 1 atom stereocenters. The zero-order valence-electron chi connectivity index (χ0n) is 9.21. The Labute approximate surface area is 113 Å². The Bertz CT molecular complexity index is 507. The summed E-state index contributed by atoms with van der Waals surface area (Å²) in [6.07, 6.45) is 0.470. The van der Waals surface area contributed by atoms with Gasteiger partial charge in [0.2, 0.25) is 5.03 Å². The summed E-state index contributed by atoms with van der Waals surface area (Å²) in [5, 5.41) is 7.14. The molecule has 1 unspecified atom stereocenters. The van der Waals surface area contributed by atoms with Gasteiger partial charge in [0.1, 0.15) is 0 Å². The van der Waals surface area contributed by atoms with Crippen molar-refractivity contribution < 1.29 is 8.42 Å². The average molecular weight is 342 g/mol. The summed E-state index contributed by atoms with van der Waals surface area (Å²) in [6.45, 7) is 1.78. The molecule has 0 bridgehead atoms. The molecule has 0 aliphatic heterocycles. The Balaban J connectivity index is 3.09. The lowest BCUT2D eigenvalue weighted by atomic mass is 10.2. The third-order valence-corrected chi connectivity index (χ3v) is 4.68. The van der Waals surface area contributed by atoms with Gasteiger partial charge in [-0.05, 0) is 22.4 Å². The lowest BCUT2D eigenvalue weighted by Crippen LogP contribution is -2.43. The molecule has 0 fully saturated rings. The van der Waals surface area contributed by atoms with Gasteiger partial charge >= 0.3 is 0 Å². The standard InChI is InChI=1S/C7H12BrN5O2S2/c1-3-4(6(9)16)11-17(14,15)7-5(8)10-12-13(7)2/h4,11H,3H2,1-2H3,(H2,9,16). The van der Waals surface area contributed by atoms with Crippen molar-refractivity contribution in [3.63, 3.8) is 0 Å². The highest BCUT2D eigenvalue weighted by molar-refractivity contribution is 9.10. The summed E-state index contributed by atoms with van der Waals surface area (Å²) < 4.78 is 27.8.